The topological polar surface area (TPSA) is 63.8 Å². The molecule has 0 spiro atoms. The Balaban J connectivity index is 2.00. The molecule has 0 saturated carbocycles. The fourth-order valence-electron chi connectivity index (χ4n) is 2.43. The lowest BCUT2D eigenvalue weighted by Gasteiger charge is -2.19. The fraction of sp³-hybridized carbons (Fsp3) is 0.412. The van der Waals surface area contributed by atoms with Gasteiger partial charge in [0.1, 0.15) is 18.0 Å². The summed E-state index contributed by atoms with van der Waals surface area (Å²) in [5.74, 6) is 1.73. The van der Waals surface area contributed by atoms with Crippen molar-refractivity contribution >= 4 is 11.6 Å². The van der Waals surface area contributed by atoms with Gasteiger partial charge in [-0.1, -0.05) is 44.2 Å². The number of benzene rings is 1. The van der Waals surface area contributed by atoms with Gasteiger partial charge >= 0.3 is 0 Å². The molecule has 0 aliphatic heterocycles. The van der Waals surface area contributed by atoms with Gasteiger partial charge in [-0.15, -0.1) is 0 Å². The lowest BCUT2D eigenvalue weighted by Crippen LogP contribution is -2.19. The van der Waals surface area contributed by atoms with E-state index in [1.165, 1.54) is 11.9 Å². The maximum absolute atomic E-state index is 5.97. The van der Waals surface area contributed by atoms with Gasteiger partial charge in [0.15, 0.2) is 0 Å². The summed E-state index contributed by atoms with van der Waals surface area (Å²) in [7, 11) is 0. The molecule has 0 radical (unpaired) electrons. The predicted molar refractivity (Wildman–Crippen MR) is 88.4 cm³/mol. The number of hydrogen-bond donors (Lipinski definition) is 2. The Labute approximate surface area is 126 Å². The van der Waals surface area contributed by atoms with Crippen LogP contribution in [0, 0.1) is 0 Å². The molecule has 4 nitrogen and oxygen atoms in total. The van der Waals surface area contributed by atoms with Crippen molar-refractivity contribution in [2.45, 2.75) is 45.6 Å². The van der Waals surface area contributed by atoms with Crippen LogP contribution < -0.4 is 11.1 Å². The summed E-state index contributed by atoms with van der Waals surface area (Å²) in [6.45, 7) is 6.38. The van der Waals surface area contributed by atoms with Crippen LogP contribution in [-0.2, 0) is 6.42 Å². The highest BCUT2D eigenvalue weighted by molar-refractivity contribution is 5.56. The molecule has 0 aliphatic carbocycles. The Morgan fingerprint density at radius 2 is 1.81 bits per heavy atom. The van der Waals surface area contributed by atoms with Crippen molar-refractivity contribution in [1.82, 2.24) is 9.97 Å². The minimum atomic E-state index is 0.301. The first-order valence-corrected chi connectivity index (χ1v) is 7.48. The van der Waals surface area contributed by atoms with E-state index in [-0.39, 0.29) is 0 Å². The van der Waals surface area contributed by atoms with Gasteiger partial charge in [0.2, 0.25) is 0 Å². The van der Waals surface area contributed by atoms with E-state index in [4.69, 9.17) is 5.73 Å². The molecule has 0 fully saturated rings. The van der Waals surface area contributed by atoms with E-state index in [0.29, 0.717) is 17.8 Å². The first kappa shape index (κ1) is 15.3. The number of anilines is 2. The number of nitrogens with two attached hydrogens (primary N) is 1. The summed E-state index contributed by atoms with van der Waals surface area (Å²) >= 11 is 0. The molecule has 0 amide bonds. The van der Waals surface area contributed by atoms with E-state index in [0.717, 1.165) is 24.2 Å². The fourth-order valence-corrected chi connectivity index (χ4v) is 2.43. The molecule has 0 saturated heterocycles. The smallest absolute Gasteiger partial charge is 0.135 e. The minimum absolute atomic E-state index is 0.301. The number of rotatable bonds is 6. The zero-order chi connectivity index (χ0) is 15.2. The molecule has 2 rings (SSSR count). The Morgan fingerprint density at radius 3 is 2.48 bits per heavy atom. The zero-order valence-corrected chi connectivity index (χ0v) is 13.0. The maximum atomic E-state index is 5.97. The lowest BCUT2D eigenvalue weighted by molar-refractivity contribution is 0.698. The van der Waals surface area contributed by atoms with Crippen LogP contribution in [0.2, 0.25) is 0 Å². The standard InChI is InChI=1S/C17H24N4/c1-12(2)15-16(18)19-11-20-17(15)21-13(3)9-10-14-7-5-4-6-8-14/h4-8,11-13H,9-10H2,1-3H3,(H3,18,19,20,21). The second-order valence-electron chi connectivity index (χ2n) is 5.75. The third kappa shape index (κ3) is 4.18. The van der Waals surface area contributed by atoms with Crippen molar-refractivity contribution in [3.05, 3.63) is 47.8 Å². The largest absolute Gasteiger partial charge is 0.383 e. The van der Waals surface area contributed by atoms with Crippen LogP contribution >= 0.6 is 0 Å². The van der Waals surface area contributed by atoms with E-state index in [1.807, 2.05) is 6.07 Å². The van der Waals surface area contributed by atoms with Crippen LogP contribution in [0.15, 0.2) is 36.7 Å². The van der Waals surface area contributed by atoms with Crippen molar-refractivity contribution in [2.75, 3.05) is 11.1 Å². The molecule has 112 valence electrons. The molecule has 21 heavy (non-hydrogen) atoms. The Bertz CT molecular complexity index is 566. The van der Waals surface area contributed by atoms with E-state index < -0.39 is 0 Å². The third-order valence-corrected chi connectivity index (χ3v) is 3.58. The average Bonchev–Trinajstić information content (AvgIpc) is 2.46. The molecule has 2 aromatic rings. The van der Waals surface area contributed by atoms with Gasteiger partial charge in [0.25, 0.3) is 0 Å². The highest BCUT2D eigenvalue weighted by atomic mass is 15.1. The maximum Gasteiger partial charge on any atom is 0.135 e. The molecule has 1 unspecified atom stereocenters. The van der Waals surface area contributed by atoms with Gasteiger partial charge < -0.3 is 11.1 Å². The predicted octanol–water partition coefficient (Wildman–Crippen LogP) is 3.62. The zero-order valence-electron chi connectivity index (χ0n) is 13.0. The van der Waals surface area contributed by atoms with E-state index >= 15 is 0 Å². The molecule has 0 bridgehead atoms. The number of nitrogens with zero attached hydrogens (tertiary/aromatic N) is 2. The first-order valence-electron chi connectivity index (χ1n) is 7.48. The Kier molecular flexibility index (Phi) is 5.14. The summed E-state index contributed by atoms with van der Waals surface area (Å²) in [6, 6.07) is 10.9. The van der Waals surface area contributed by atoms with Crippen molar-refractivity contribution in [1.29, 1.82) is 0 Å². The summed E-state index contributed by atoms with van der Waals surface area (Å²) in [5.41, 5.74) is 8.33. The van der Waals surface area contributed by atoms with Gasteiger partial charge in [-0.3, -0.25) is 0 Å². The van der Waals surface area contributed by atoms with Gasteiger partial charge in [-0.25, -0.2) is 9.97 Å². The molecule has 4 heteroatoms. The summed E-state index contributed by atoms with van der Waals surface area (Å²) in [6.07, 6.45) is 3.62. The summed E-state index contributed by atoms with van der Waals surface area (Å²) in [5, 5.41) is 3.47. The van der Waals surface area contributed by atoms with Crippen LogP contribution in [0.3, 0.4) is 0 Å². The molecular weight excluding hydrogens is 260 g/mol. The first-order chi connectivity index (χ1) is 10.1. The van der Waals surface area contributed by atoms with Gasteiger partial charge in [-0.05, 0) is 31.2 Å². The average molecular weight is 284 g/mol. The quantitative estimate of drug-likeness (QED) is 0.850. The lowest BCUT2D eigenvalue weighted by atomic mass is 10.0. The SMILES string of the molecule is CC(CCc1ccccc1)Nc1ncnc(N)c1C(C)C. The van der Waals surface area contributed by atoms with E-state index in [2.05, 4.69) is 60.3 Å². The number of nitrogen functional groups attached to an aromatic ring is 1. The third-order valence-electron chi connectivity index (χ3n) is 3.58. The number of aryl methyl sites for hydroxylation is 1. The van der Waals surface area contributed by atoms with Crippen LogP contribution in [0.25, 0.3) is 0 Å². The Hall–Kier alpha value is -2.10. The summed E-state index contributed by atoms with van der Waals surface area (Å²) < 4.78 is 0. The van der Waals surface area contributed by atoms with Crippen molar-refractivity contribution < 1.29 is 0 Å². The van der Waals surface area contributed by atoms with Crippen LogP contribution in [0.5, 0.6) is 0 Å². The molecule has 1 heterocycles. The van der Waals surface area contributed by atoms with Gasteiger partial charge in [0, 0.05) is 11.6 Å². The van der Waals surface area contributed by atoms with Crippen molar-refractivity contribution in [2.24, 2.45) is 0 Å². The van der Waals surface area contributed by atoms with Gasteiger partial charge in [0.05, 0.1) is 0 Å². The van der Waals surface area contributed by atoms with Crippen molar-refractivity contribution in [3.63, 3.8) is 0 Å². The second-order valence-corrected chi connectivity index (χ2v) is 5.75. The normalized spacial score (nSPS) is 12.4. The van der Waals surface area contributed by atoms with Crippen LogP contribution in [-0.4, -0.2) is 16.0 Å². The highest BCUT2D eigenvalue weighted by Crippen LogP contribution is 2.27. The molecule has 1 aromatic carbocycles. The number of hydrogen-bond acceptors (Lipinski definition) is 4. The van der Waals surface area contributed by atoms with Crippen LogP contribution in [0.1, 0.15) is 44.2 Å². The molecule has 0 aliphatic rings. The number of aromatic nitrogens is 2. The highest BCUT2D eigenvalue weighted by Gasteiger charge is 2.14. The van der Waals surface area contributed by atoms with E-state index in [1.54, 1.807) is 0 Å². The summed E-state index contributed by atoms with van der Waals surface area (Å²) in [4.78, 5) is 8.44. The molecule has 3 N–H and O–H groups in total. The van der Waals surface area contributed by atoms with Crippen molar-refractivity contribution in [3.8, 4) is 0 Å². The number of nitrogens with one attached hydrogen (secondary N) is 1. The minimum Gasteiger partial charge on any atom is -0.383 e. The van der Waals surface area contributed by atoms with E-state index in [9.17, 15) is 0 Å². The molecule has 1 atom stereocenters. The monoisotopic (exact) mass is 284 g/mol. The van der Waals surface area contributed by atoms with Crippen LogP contribution in [0.4, 0.5) is 11.6 Å². The molecular formula is C17H24N4. The second kappa shape index (κ2) is 7.07. The Morgan fingerprint density at radius 1 is 1.10 bits per heavy atom. The van der Waals surface area contributed by atoms with Gasteiger partial charge in [-0.2, -0.15) is 0 Å². The molecule has 1 aromatic heterocycles.